The highest BCUT2D eigenvalue weighted by molar-refractivity contribution is 5.92. The third-order valence-corrected chi connectivity index (χ3v) is 7.61. The van der Waals surface area contributed by atoms with Crippen LogP contribution in [0.2, 0.25) is 0 Å². The van der Waals surface area contributed by atoms with Gasteiger partial charge in [-0.05, 0) is 105 Å². The van der Waals surface area contributed by atoms with Crippen LogP contribution in [0.1, 0.15) is 48.3 Å². The first kappa shape index (κ1) is 23.1. The first-order valence-electron chi connectivity index (χ1n) is 12.5. The van der Waals surface area contributed by atoms with Gasteiger partial charge < -0.3 is 19.9 Å². The van der Waals surface area contributed by atoms with Gasteiger partial charge in [-0.3, -0.25) is 4.79 Å². The summed E-state index contributed by atoms with van der Waals surface area (Å²) in [5.74, 6) is 0.454. The Morgan fingerprint density at radius 3 is 2.71 bits per heavy atom. The number of hydrogen-bond donors (Lipinski definition) is 2. The summed E-state index contributed by atoms with van der Waals surface area (Å²) in [6.45, 7) is 6.59. The van der Waals surface area contributed by atoms with Crippen molar-refractivity contribution in [2.45, 2.75) is 44.9 Å². The number of nitrogens with one attached hydrogen (secondary N) is 2. The summed E-state index contributed by atoms with van der Waals surface area (Å²) < 4.78 is 19.1. The van der Waals surface area contributed by atoms with Crippen molar-refractivity contribution < 1.29 is 13.9 Å². The van der Waals surface area contributed by atoms with Crippen LogP contribution in [0.25, 0.3) is 10.9 Å². The molecule has 0 bridgehead atoms. The SMILES string of the molecule is Cc1ccc(NC(=O)C2CCOCC2)cc1CCN1CCC(c2c[nH]c3ccc(F)cc23)CC1. The van der Waals surface area contributed by atoms with Gasteiger partial charge in [0.1, 0.15) is 5.82 Å². The van der Waals surface area contributed by atoms with Crippen LogP contribution in [0.15, 0.2) is 42.6 Å². The summed E-state index contributed by atoms with van der Waals surface area (Å²) in [4.78, 5) is 18.4. The van der Waals surface area contributed by atoms with Gasteiger partial charge in [-0.2, -0.15) is 0 Å². The first-order chi connectivity index (χ1) is 16.6. The quantitative estimate of drug-likeness (QED) is 0.514. The Morgan fingerprint density at radius 1 is 1.12 bits per heavy atom. The molecule has 0 unspecified atom stereocenters. The minimum atomic E-state index is -0.174. The molecule has 3 heterocycles. The van der Waals surface area contributed by atoms with E-state index >= 15 is 0 Å². The minimum Gasteiger partial charge on any atom is -0.381 e. The van der Waals surface area contributed by atoms with Gasteiger partial charge in [0.05, 0.1) is 0 Å². The Balaban J connectivity index is 1.15. The molecule has 0 spiro atoms. The molecule has 2 fully saturated rings. The topological polar surface area (TPSA) is 57.4 Å². The Morgan fingerprint density at radius 2 is 1.91 bits per heavy atom. The average Bonchev–Trinajstić information content (AvgIpc) is 3.28. The fourth-order valence-electron chi connectivity index (χ4n) is 5.42. The monoisotopic (exact) mass is 463 g/mol. The number of ether oxygens (including phenoxy) is 1. The van der Waals surface area contributed by atoms with E-state index in [-0.39, 0.29) is 17.6 Å². The van der Waals surface area contributed by atoms with Crippen LogP contribution in [0.5, 0.6) is 0 Å². The number of amides is 1. The lowest BCUT2D eigenvalue weighted by Gasteiger charge is -2.32. The second-order valence-electron chi connectivity index (χ2n) is 9.82. The number of aryl methyl sites for hydroxylation is 1. The highest BCUT2D eigenvalue weighted by Crippen LogP contribution is 2.33. The number of aromatic amines is 1. The van der Waals surface area contributed by atoms with Gasteiger partial charge in [0.15, 0.2) is 0 Å². The minimum absolute atomic E-state index is 0.0495. The second-order valence-corrected chi connectivity index (χ2v) is 9.82. The van der Waals surface area contributed by atoms with E-state index in [1.165, 1.54) is 22.8 Å². The van der Waals surface area contributed by atoms with Gasteiger partial charge in [0, 0.05) is 48.5 Å². The number of hydrogen-bond acceptors (Lipinski definition) is 3. The predicted octanol–water partition coefficient (Wildman–Crippen LogP) is 5.40. The molecule has 2 aromatic carbocycles. The van der Waals surface area contributed by atoms with Gasteiger partial charge in [0.2, 0.25) is 5.91 Å². The molecule has 180 valence electrons. The smallest absolute Gasteiger partial charge is 0.227 e. The highest BCUT2D eigenvalue weighted by atomic mass is 19.1. The van der Waals surface area contributed by atoms with Crippen molar-refractivity contribution >= 4 is 22.5 Å². The van der Waals surface area contributed by atoms with E-state index in [1.54, 1.807) is 6.07 Å². The van der Waals surface area contributed by atoms with Crippen LogP contribution < -0.4 is 5.32 Å². The van der Waals surface area contributed by atoms with Crippen molar-refractivity contribution in [3.63, 3.8) is 0 Å². The van der Waals surface area contributed by atoms with Crippen molar-refractivity contribution in [1.29, 1.82) is 0 Å². The zero-order valence-electron chi connectivity index (χ0n) is 19.9. The van der Waals surface area contributed by atoms with E-state index in [9.17, 15) is 9.18 Å². The summed E-state index contributed by atoms with van der Waals surface area (Å²) >= 11 is 0. The van der Waals surface area contributed by atoms with Crippen molar-refractivity contribution in [2.24, 2.45) is 5.92 Å². The Kier molecular flexibility index (Phi) is 6.97. The van der Waals surface area contributed by atoms with E-state index < -0.39 is 0 Å². The normalized spacial score (nSPS) is 18.4. The first-order valence-corrected chi connectivity index (χ1v) is 12.5. The number of piperidine rings is 1. The number of carbonyl (C=O) groups excluding carboxylic acids is 1. The number of nitrogens with zero attached hydrogens (tertiary/aromatic N) is 1. The number of anilines is 1. The molecule has 0 atom stereocenters. The molecule has 1 aromatic heterocycles. The van der Waals surface area contributed by atoms with Gasteiger partial charge >= 0.3 is 0 Å². The Labute approximate surface area is 200 Å². The number of likely N-dealkylation sites (tertiary alicyclic amines) is 1. The number of aromatic nitrogens is 1. The summed E-state index contributed by atoms with van der Waals surface area (Å²) in [6.07, 6.45) is 6.80. The molecule has 6 heteroatoms. The molecule has 2 N–H and O–H groups in total. The summed E-state index contributed by atoms with van der Waals surface area (Å²) in [6, 6.07) is 11.2. The predicted molar refractivity (Wildman–Crippen MR) is 134 cm³/mol. The van der Waals surface area contributed by atoms with Crippen molar-refractivity contribution in [1.82, 2.24) is 9.88 Å². The molecular formula is C28H34FN3O2. The molecule has 0 radical (unpaired) electrons. The standard InChI is InChI=1S/C28H34FN3O2/c1-19-2-4-24(31-28(33)21-9-14-34-15-10-21)16-22(19)8-13-32-11-6-20(7-12-32)26-18-30-27-5-3-23(29)17-25(26)27/h2-5,16-18,20-21,30H,6-15H2,1H3,(H,31,33). The number of halogens is 1. The summed E-state index contributed by atoms with van der Waals surface area (Å²) in [5, 5.41) is 4.14. The van der Waals surface area contributed by atoms with Crippen LogP contribution >= 0.6 is 0 Å². The summed E-state index contributed by atoms with van der Waals surface area (Å²) in [7, 11) is 0. The highest BCUT2D eigenvalue weighted by Gasteiger charge is 2.24. The van der Waals surface area contributed by atoms with E-state index in [0.717, 1.165) is 68.3 Å². The fourth-order valence-corrected chi connectivity index (χ4v) is 5.42. The zero-order chi connectivity index (χ0) is 23.5. The van der Waals surface area contributed by atoms with Gasteiger partial charge in [-0.25, -0.2) is 4.39 Å². The average molecular weight is 464 g/mol. The largest absolute Gasteiger partial charge is 0.381 e. The van der Waals surface area contributed by atoms with E-state index in [2.05, 4.69) is 40.5 Å². The zero-order valence-corrected chi connectivity index (χ0v) is 19.9. The number of carbonyl (C=O) groups is 1. The Bertz CT molecular complexity index is 1140. The molecule has 3 aromatic rings. The van der Waals surface area contributed by atoms with E-state index in [1.807, 2.05) is 12.1 Å². The van der Waals surface area contributed by atoms with Gasteiger partial charge in [0.25, 0.3) is 0 Å². The second kappa shape index (κ2) is 10.3. The summed E-state index contributed by atoms with van der Waals surface area (Å²) in [5.41, 5.74) is 5.71. The number of rotatable bonds is 6. The molecule has 5 nitrogen and oxygen atoms in total. The van der Waals surface area contributed by atoms with Crippen LogP contribution in [0.3, 0.4) is 0 Å². The maximum absolute atomic E-state index is 13.8. The molecular weight excluding hydrogens is 429 g/mol. The van der Waals surface area contributed by atoms with Crippen molar-refractivity contribution in [2.75, 3.05) is 38.2 Å². The fraction of sp³-hybridized carbons (Fsp3) is 0.464. The lowest BCUT2D eigenvalue weighted by molar-refractivity contribution is -0.122. The molecule has 2 aliphatic rings. The lowest BCUT2D eigenvalue weighted by atomic mass is 9.89. The van der Waals surface area contributed by atoms with Crippen LogP contribution in [0, 0.1) is 18.7 Å². The molecule has 34 heavy (non-hydrogen) atoms. The number of H-pyrrole nitrogens is 1. The van der Waals surface area contributed by atoms with Crippen molar-refractivity contribution in [3.05, 3.63) is 65.1 Å². The molecule has 1 amide bonds. The van der Waals surface area contributed by atoms with E-state index in [4.69, 9.17) is 4.74 Å². The van der Waals surface area contributed by atoms with E-state index in [0.29, 0.717) is 19.1 Å². The molecule has 0 saturated carbocycles. The molecule has 5 rings (SSSR count). The molecule has 2 saturated heterocycles. The lowest BCUT2D eigenvalue weighted by Crippen LogP contribution is -2.34. The van der Waals surface area contributed by atoms with Crippen LogP contribution in [-0.4, -0.2) is 48.6 Å². The number of benzene rings is 2. The third-order valence-electron chi connectivity index (χ3n) is 7.61. The maximum Gasteiger partial charge on any atom is 0.227 e. The molecule has 0 aliphatic carbocycles. The van der Waals surface area contributed by atoms with Gasteiger partial charge in [-0.15, -0.1) is 0 Å². The third kappa shape index (κ3) is 5.18. The Hall–Kier alpha value is -2.70. The van der Waals surface area contributed by atoms with Crippen LogP contribution in [0.4, 0.5) is 10.1 Å². The maximum atomic E-state index is 13.8. The van der Waals surface area contributed by atoms with Crippen molar-refractivity contribution in [3.8, 4) is 0 Å². The van der Waals surface area contributed by atoms with Crippen LogP contribution in [-0.2, 0) is 16.0 Å². The van der Waals surface area contributed by atoms with Gasteiger partial charge in [-0.1, -0.05) is 6.07 Å². The molecule has 2 aliphatic heterocycles. The number of fused-ring (bicyclic) bond motifs is 1.